The summed E-state index contributed by atoms with van der Waals surface area (Å²) >= 11 is 0. The van der Waals surface area contributed by atoms with Crippen LogP contribution in [0.1, 0.15) is 20.7 Å². The third kappa shape index (κ3) is 4.08. The lowest BCUT2D eigenvalue weighted by atomic mass is 10.1. The molecule has 0 bridgehead atoms. The Kier molecular flexibility index (Phi) is 4.31. The summed E-state index contributed by atoms with van der Waals surface area (Å²) in [5, 5.41) is 29.1. The summed E-state index contributed by atoms with van der Waals surface area (Å²) in [7, 11) is 0. The third-order valence-corrected chi connectivity index (χ3v) is 1.63. The molecule has 0 atom stereocenters. The molecule has 1 aromatic carbocycles. The summed E-state index contributed by atoms with van der Waals surface area (Å²) < 4.78 is 0. The zero-order valence-corrected chi connectivity index (χ0v) is 8.44. The van der Waals surface area contributed by atoms with E-state index >= 15 is 0 Å². The number of rotatable bonds is 2. The van der Waals surface area contributed by atoms with Crippen LogP contribution >= 0.6 is 0 Å². The minimum absolute atomic E-state index is 0.0186. The second kappa shape index (κ2) is 5.95. The fourth-order valence-corrected chi connectivity index (χ4v) is 0.914. The molecule has 3 N–H and O–H groups in total. The molecule has 8 heteroatoms. The fraction of sp³-hybridized carbons (Fsp3) is 0. The van der Waals surface area contributed by atoms with Gasteiger partial charge in [0, 0.05) is 0 Å². The number of benzene rings is 1. The molecule has 0 spiro atoms. The average molecular weight is 236 g/mol. The highest BCUT2D eigenvalue weighted by atomic mass is 16.4. The zero-order valence-electron chi connectivity index (χ0n) is 8.44. The summed E-state index contributed by atoms with van der Waals surface area (Å²) in [6, 6.07) is 5.20. The highest BCUT2D eigenvalue weighted by molar-refractivity contribution is 5.93. The Morgan fingerprint density at radius 3 is 2.00 bits per heavy atom. The summed E-state index contributed by atoms with van der Waals surface area (Å²) in [6.07, 6.45) is 1.40. The van der Waals surface area contributed by atoms with Crippen molar-refractivity contribution in [2.45, 2.75) is 0 Å². The maximum Gasteiger partial charge on any atom is 0.335 e. The van der Waals surface area contributed by atoms with Gasteiger partial charge in [-0.1, -0.05) is 6.07 Å². The van der Waals surface area contributed by atoms with Crippen molar-refractivity contribution in [3.63, 3.8) is 0 Å². The molecule has 88 valence electrons. The number of aromatic carboxylic acids is 2. The number of nitrogens with one attached hydrogen (secondary N) is 1. The van der Waals surface area contributed by atoms with E-state index in [2.05, 4.69) is 20.6 Å². The van der Waals surface area contributed by atoms with Crippen molar-refractivity contribution in [3.05, 3.63) is 41.7 Å². The van der Waals surface area contributed by atoms with E-state index in [4.69, 9.17) is 10.2 Å². The SMILES string of the molecule is O=C(O)c1cccc(C(=O)O)c1.c1nnn[nH]1. The second-order valence-electron chi connectivity index (χ2n) is 2.75. The van der Waals surface area contributed by atoms with Crippen LogP contribution in [0.25, 0.3) is 0 Å². The third-order valence-electron chi connectivity index (χ3n) is 1.63. The number of aromatic amines is 1. The van der Waals surface area contributed by atoms with Crippen molar-refractivity contribution in [2.75, 3.05) is 0 Å². The topological polar surface area (TPSA) is 129 Å². The quantitative estimate of drug-likeness (QED) is 0.682. The van der Waals surface area contributed by atoms with Gasteiger partial charge < -0.3 is 10.2 Å². The molecule has 0 aliphatic heterocycles. The molecule has 0 aliphatic carbocycles. The minimum Gasteiger partial charge on any atom is -0.478 e. The van der Waals surface area contributed by atoms with Crippen molar-refractivity contribution in [1.82, 2.24) is 20.6 Å². The van der Waals surface area contributed by atoms with E-state index in [1.54, 1.807) is 0 Å². The van der Waals surface area contributed by atoms with Crippen molar-refractivity contribution >= 4 is 11.9 Å². The lowest BCUT2D eigenvalue weighted by Gasteiger charge is -1.95. The van der Waals surface area contributed by atoms with Gasteiger partial charge >= 0.3 is 11.9 Å². The first-order valence-corrected chi connectivity index (χ1v) is 4.35. The van der Waals surface area contributed by atoms with Crippen LogP contribution < -0.4 is 0 Å². The molecule has 8 nitrogen and oxygen atoms in total. The molecule has 0 amide bonds. The lowest BCUT2D eigenvalue weighted by Crippen LogP contribution is -2.01. The highest BCUT2D eigenvalue weighted by Crippen LogP contribution is 2.04. The molecule has 0 saturated heterocycles. The molecular formula is C9H8N4O4. The Morgan fingerprint density at radius 1 is 1.12 bits per heavy atom. The number of carboxylic acid groups (broad SMARTS) is 2. The number of nitrogens with zero attached hydrogens (tertiary/aromatic N) is 3. The fourth-order valence-electron chi connectivity index (χ4n) is 0.914. The molecule has 0 fully saturated rings. The highest BCUT2D eigenvalue weighted by Gasteiger charge is 2.06. The van der Waals surface area contributed by atoms with Crippen molar-refractivity contribution in [3.8, 4) is 0 Å². The number of carbonyl (C=O) groups is 2. The first-order valence-electron chi connectivity index (χ1n) is 4.35. The van der Waals surface area contributed by atoms with Crippen molar-refractivity contribution < 1.29 is 19.8 Å². The maximum absolute atomic E-state index is 10.4. The van der Waals surface area contributed by atoms with Crippen LogP contribution in [-0.4, -0.2) is 42.8 Å². The first kappa shape index (κ1) is 12.3. The number of hydrogen-bond donors (Lipinski definition) is 3. The van der Waals surface area contributed by atoms with E-state index < -0.39 is 11.9 Å². The molecule has 2 aromatic rings. The van der Waals surface area contributed by atoms with Crippen LogP contribution in [-0.2, 0) is 0 Å². The number of tetrazole rings is 1. The van der Waals surface area contributed by atoms with Gasteiger partial charge in [-0.05, 0) is 28.6 Å². The molecule has 1 heterocycles. The summed E-state index contributed by atoms with van der Waals surface area (Å²) in [5.74, 6) is -2.25. The van der Waals surface area contributed by atoms with Crippen LogP contribution in [0.15, 0.2) is 30.6 Å². The predicted molar refractivity (Wildman–Crippen MR) is 54.5 cm³/mol. The number of carboxylic acids is 2. The normalized spacial score (nSPS) is 8.94. The van der Waals surface area contributed by atoms with Gasteiger partial charge in [0.05, 0.1) is 11.1 Å². The second-order valence-corrected chi connectivity index (χ2v) is 2.75. The number of hydrogen-bond acceptors (Lipinski definition) is 5. The summed E-state index contributed by atoms with van der Waals surface area (Å²) in [5.41, 5.74) is -0.0372. The summed E-state index contributed by atoms with van der Waals surface area (Å²) in [4.78, 5) is 20.8. The minimum atomic E-state index is -1.13. The number of H-pyrrole nitrogens is 1. The van der Waals surface area contributed by atoms with Gasteiger partial charge in [0.1, 0.15) is 6.33 Å². The van der Waals surface area contributed by atoms with Crippen LogP contribution in [0.3, 0.4) is 0 Å². The first-order chi connectivity index (χ1) is 8.11. The lowest BCUT2D eigenvalue weighted by molar-refractivity contribution is 0.0696. The predicted octanol–water partition coefficient (Wildman–Crippen LogP) is 0.283. The Labute approximate surface area is 94.9 Å². The molecule has 1 aromatic heterocycles. The van der Waals surface area contributed by atoms with Gasteiger partial charge in [-0.3, -0.25) is 0 Å². The van der Waals surface area contributed by atoms with Gasteiger partial charge in [-0.15, -0.1) is 5.10 Å². The van der Waals surface area contributed by atoms with E-state index in [9.17, 15) is 9.59 Å². The monoisotopic (exact) mass is 236 g/mol. The van der Waals surface area contributed by atoms with Crippen LogP contribution in [0.2, 0.25) is 0 Å². The molecule has 17 heavy (non-hydrogen) atoms. The molecule has 0 saturated carbocycles. The molecule has 0 aliphatic rings. The van der Waals surface area contributed by atoms with Crippen molar-refractivity contribution in [1.29, 1.82) is 0 Å². The van der Waals surface area contributed by atoms with E-state index in [-0.39, 0.29) is 11.1 Å². The maximum atomic E-state index is 10.4. The smallest absolute Gasteiger partial charge is 0.335 e. The van der Waals surface area contributed by atoms with Crippen LogP contribution in [0.5, 0.6) is 0 Å². The Morgan fingerprint density at radius 2 is 1.71 bits per heavy atom. The molecule has 0 radical (unpaired) electrons. The molecule has 0 unspecified atom stereocenters. The Bertz CT molecular complexity index is 451. The van der Waals surface area contributed by atoms with Gasteiger partial charge in [-0.2, -0.15) is 0 Å². The zero-order chi connectivity index (χ0) is 12.7. The van der Waals surface area contributed by atoms with E-state index in [0.29, 0.717) is 0 Å². The standard InChI is InChI=1S/C8H6O4.CH2N4/c9-7(10)5-2-1-3-6(4-5)8(11)12;1-2-4-5-3-1/h1-4H,(H,9,10)(H,11,12);1H,(H,2,3,4,5). The molecular weight excluding hydrogens is 228 g/mol. The Hall–Kier alpha value is -2.77. The summed E-state index contributed by atoms with van der Waals surface area (Å²) in [6.45, 7) is 0. The van der Waals surface area contributed by atoms with Crippen LogP contribution in [0.4, 0.5) is 0 Å². The van der Waals surface area contributed by atoms with Crippen molar-refractivity contribution in [2.24, 2.45) is 0 Å². The van der Waals surface area contributed by atoms with E-state index in [1.165, 1.54) is 24.5 Å². The van der Waals surface area contributed by atoms with Gasteiger partial charge in [0.2, 0.25) is 0 Å². The average Bonchev–Trinajstić information content (AvgIpc) is 2.87. The largest absolute Gasteiger partial charge is 0.478 e. The van der Waals surface area contributed by atoms with E-state index in [0.717, 1.165) is 6.07 Å². The number of aromatic nitrogens is 4. The van der Waals surface area contributed by atoms with Crippen LogP contribution in [0, 0.1) is 0 Å². The Balaban J connectivity index is 0.000000239. The van der Waals surface area contributed by atoms with Gasteiger partial charge in [0.15, 0.2) is 0 Å². The molecule has 2 rings (SSSR count). The van der Waals surface area contributed by atoms with Gasteiger partial charge in [-0.25, -0.2) is 14.7 Å². The van der Waals surface area contributed by atoms with Gasteiger partial charge in [0.25, 0.3) is 0 Å². The van der Waals surface area contributed by atoms with E-state index in [1.807, 2.05) is 0 Å².